The van der Waals surface area contributed by atoms with Crippen LogP contribution in [-0.2, 0) is 10.0 Å². The van der Waals surface area contributed by atoms with Gasteiger partial charge in [0.25, 0.3) is 0 Å². The molecule has 0 saturated heterocycles. The van der Waals surface area contributed by atoms with E-state index in [9.17, 15) is 8.42 Å². The number of nitrogens with one attached hydrogen (secondary N) is 1. The molecule has 1 N–H and O–H groups in total. The van der Waals surface area contributed by atoms with Gasteiger partial charge in [0.1, 0.15) is 0 Å². The molecule has 0 bridgehead atoms. The minimum atomic E-state index is -3.45. The first kappa shape index (κ1) is 12.5. The third kappa shape index (κ3) is 3.19. The lowest BCUT2D eigenvalue weighted by Gasteiger charge is -2.11. The van der Waals surface area contributed by atoms with Crippen molar-refractivity contribution in [2.45, 2.75) is 31.7 Å². The summed E-state index contributed by atoms with van der Waals surface area (Å²) in [5, 5.41) is 0.421. The topological polar surface area (TPSA) is 46.2 Å². The summed E-state index contributed by atoms with van der Waals surface area (Å²) in [5.41, 5.74) is 0.688. The van der Waals surface area contributed by atoms with Crippen molar-refractivity contribution in [1.29, 1.82) is 0 Å². The highest BCUT2D eigenvalue weighted by Gasteiger charge is 2.17. The van der Waals surface area contributed by atoms with Gasteiger partial charge in [0.15, 0.2) is 0 Å². The molecule has 0 spiro atoms. The van der Waals surface area contributed by atoms with Gasteiger partial charge in [0.2, 0.25) is 10.0 Å². The van der Waals surface area contributed by atoms with Crippen LogP contribution in [0.15, 0.2) is 23.1 Å². The standard InChI is InChI=1S/C10H14ClNO2S/c1-7(2)12-15(13,14)10-6-9(11)5-4-8(10)3/h4-7,12H,1-3H3. The first-order chi connectivity index (χ1) is 6.83. The smallest absolute Gasteiger partial charge is 0.209 e. The van der Waals surface area contributed by atoms with Crippen LogP contribution >= 0.6 is 11.6 Å². The average Bonchev–Trinajstić information content (AvgIpc) is 2.06. The maximum absolute atomic E-state index is 11.8. The van der Waals surface area contributed by atoms with E-state index < -0.39 is 10.0 Å². The van der Waals surface area contributed by atoms with Crippen LogP contribution in [-0.4, -0.2) is 14.5 Å². The molecule has 1 aromatic carbocycles. The monoisotopic (exact) mass is 247 g/mol. The van der Waals surface area contributed by atoms with Gasteiger partial charge in [0.05, 0.1) is 4.90 Å². The molecule has 0 radical (unpaired) electrons. The predicted octanol–water partition coefficient (Wildman–Crippen LogP) is 2.34. The summed E-state index contributed by atoms with van der Waals surface area (Å²) in [5.74, 6) is 0. The zero-order chi connectivity index (χ0) is 11.6. The number of rotatable bonds is 3. The summed E-state index contributed by atoms with van der Waals surface area (Å²) < 4.78 is 26.2. The lowest BCUT2D eigenvalue weighted by Crippen LogP contribution is -2.30. The molecule has 5 heteroatoms. The summed E-state index contributed by atoms with van der Waals surface area (Å²) >= 11 is 5.77. The highest BCUT2D eigenvalue weighted by Crippen LogP contribution is 2.20. The van der Waals surface area contributed by atoms with E-state index in [0.717, 1.165) is 0 Å². The van der Waals surface area contributed by atoms with Gasteiger partial charge in [0, 0.05) is 11.1 Å². The third-order valence-corrected chi connectivity index (χ3v) is 3.87. The lowest BCUT2D eigenvalue weighted by atomic mass is 10.2. The quantitative estimate of drug-likeness (QED) is 0.891. The van der Waals surface area contributed by atoms with Crippen LogP contribution in [0.1, 0.15) is 19.4 Å². The molecule has 0 unspecified atom stereocenters. The van der Waals surface area contributed by atoms with Crippen LogP contribution in [0.25, 0.3) is 0 Å². The molecule has 0 aromatic heterocycles. The number of halogens is 1. The van der Waals surface area contributed by atoms with Gasteiger partial charge in [-0.1, -0.05) is 17.7 Å². The van der Waals surface area contributed by atoms with Crippen LogP contribution in [0.3, 0.4) is 0 Å². The maximum Gasteiger partial charge on any atom is 0.241 e. The van der Waals surface area contributed by atoms with Crippen molar-refractivity contribution in [2.24, 2.45) is 0 Å². The Labute approximate surface area is 95.5 Å². The first-order valence-corrected chi connectivity index (χ1v) is 6.47. The number of hydrogen-bond acceptors (Lipinski definition) is 2. The molecule has 0 amide bonds. The predicted molar refractivity (Wildman–Crippen MR) is 61.6 cm³/mol. The van der Waals surface area contributed by atoms with Crippen molar-refractivity contribution in [3.63, 3.8) is 0 Å². The van der Waals surface area contributed by atoms with Gasteiger partial charge < -0.3 is 0 Å². The maximum atomic E-state index is 11.8. The Morgan fingerprint density at radius 3 is 2.47 bits per heavy atom. The number of benzene rings is 1. The number of hydrogen-bond donors (Lipinski definition) is 1. The Balaban J connectivity index is 3.21. The van der Waals surface area contributed by atoms with E-state index in [4.69, 9.17) is 11.6 Å². The number of sulfonamides is 1. The second-order valence-corrected chi connectivity index (χ2v) is 5.80. The lowest BCUT2D eigenvalue weighted by molar-refractivity contribution is 0.569. The molecule has 0 atom stereocenters. The fourth-order valence-electron chi connectivity index (χ4n) is 1.24. The normalized spacial score (nSPS) is 12.1. The minimum Gasteiger partial charge on any atom is -0.209 e. The number of aryl methyl sites for hydroxylation is 1. The van der Waals surface area contributed by atoms with Gasteiger partial charge >= 0.3 is 0 Å². The van der Waals surface area contributed by atoms with Gasteiger partial charge in [-0.3, -0.25) is 0 Å². The average molecular weight is 248 g/mol. The molecule has 0 aliphatic rings. The van der Waals surface area contributed by atoms with Crippen molar-refractivity contribution < 1.29 is 8.42 Å². The Bertz CT molecular complexity index is 454. The molecule has 1 rings (SSSR count). The summed E-state index contributed by atoms with van der Waals surface area (Å²) in [7, 11) is -3.45. The molecule has 0 aliphatic carbocycles. The van der Waals surface area contributed by atoms with E-state index >= 15 is 0 Å². The van der Waals surface area contributed by atoms with Crippen LogP contribution in [0.5, 0.6) is 0 Å². The van der Waals surface area contributed by atoms with Crippen LogP contribution in [0, 0.1) is 6.92 Å². The molecule has 0 aliphatic heterocycles. The van der Waals surface area contributed by atoms with Crippen molar-refractivity contribution in [3.8, 4) is 0 Å². The van der Waals surface area contributed by atoms with E-state index in [2.05, 4.69) is 4.72 Å². The highest BCUT2D eigenvalue weighted by atomic mass is 35.5. The van der Waals surface area contributed by atoms with Gasteiger partial charge in [-0.15, -0.1) is 0 Å². The van der Waals surface area contributed by atoms with Crippen molar-refractivity contribution >= 4 is 21.6 Å². The Hall–Kier alpha value is -0.580. The third-order valence-electron chi connectivity index (χ3n) is 1.83. The zero-order valence-electron chi connectivity index (χ0n) is 8.91. The second kappa shape index (κ2) is 4.51. The van der Waals surface area contributed by atoms with Crippen molar-refractivity contribution in [3.05, 3.63) is 28.8 Å². The molecule has 0 fully saturated rings. The Kier molecular flexibility index (Phi) is 3.76. The largest absolute Gasteiger partial charge is 0.241 e. The van der Waals surface area contributed by atoms with E-state index in [-0.39, 0.29) is 10.9 Å². The second-order valence-electron chi connectivity index (χ2n) is 3.69. The van der Waals surface area contributed by atoms with Gasteiger partial charge in [-0.2, -0.15) is 0 Å². The molecule has 0 heterocycles. The van der Waals surface area contributed by atoms with Gasteiger partial charge in [-0.25, -0.2) is 13.1 Å². The molecular weight excluding hydrogens is 234 g/mol. The first-order valence-electron chi connectivity index (χ1n) is 4.61. The summed E-state index contributed by atoms with van der Waals surface area (Å²) in [6.45, 7) is 5.29. The SMILES string of the molecule is Cc1ccc(Cl)cc1S(=O)(=O)NC(C)C. The summed E-state index contributed by atoms with van der Waals surface area (Å²) in [6.07, 6.45) is 0. The fraction of sp³-hybridized carbons (Fsp3) is 0.400. The highest BCUT2D eigenvalue weighted by molar-refractivity contribution is 7.89. The zero-order valence-corrected chi connectivity index (χ0v) is 10.5. The van der Waals surface area contributed by atoms with Crippen molar-refractivity contribution in [2.75, 3.05) is 0 Å². The molecule has 3 nitrogen and oxygen atoms in total. The summed E-state index contributed by atoms with van der Waals surface area (Å²) in [4.78, 5) is 0.240. The Morgan fingerprint density at radius 2 is 1.93 bits per heavy atom. The Morgan fingerprint density at radius 1 is 1.33 bits per heavy atom. The molecule has 84 valence electrons. The van der Waals surface area contributed by atoms with Crippen molar-refractivity contribution in [1.82, 2.24) is 4.72 Å². The van der Waals surface area contributed by atoms with Crippen LogP contribution in [0.2, 0.25) is 5.02 Å². The molecular formula is C10H14ClNO2S. The van der Waals surface area contributed by atoms with E-state index in [1.807, 2.05) is 0 Å². The van der Waals surface area contributed by atoms with Crippen LogP contribution in [0.4, 0.5) is 0 Å². The van der Waals surface area contributed by atoms with E-state index in [0.29, 0.717) is 10.6 Å². The van der Waals surface area contributed by atoms with E-state index in [1.165, 1.54) is 6.07 Å². The van der Waals surface area contributed by atoms with Gasteiger partial charge in [-0.05, 0) is 38.5 Å². The fourth-order valence-corrected chi connectivity index (χ4v) is 3.00. The molecule has 15 heavy (non-hydrogen) atoms. The van der Waals surface area contributed by atoms with Crippen LogP contribution < -0.4 is 4.72 Å². The summed E-state index contributed by atoms with van der Waals surface area (Å²) in [6, 6.07) is 4.69. The van der Waals surface area contributed by atoms with E-state index in [1.54, 1.807) is 32.9 Å². The molecule has 0 saturated carbocycles. The minimum absolute atomic E-state index is 0.131. The molecule has 1 aromatic rings.